The third-order valence-corrected chi connectivity index (χ3v) is 4.72. The summed E-state index contributed by atoms with van der Waals surface area (Å²) in [4.78, 5) is 11.2. The first-order valence-electron chi connectivity index (χ1n) is 5.87. The highest BCUT2D eigenvalue weighted by molar-refractivity contribution is 7.89. The quantitative estimate of drug-likeness (QED) is 0.605. The van der Waals surface area contributed by atoms with E-state index in [0.717, 1.165) is 4.31 Å². The van der Waals surface area contributed by atoms with E-state index in [1.165, 1.54) is 32.4 Å². The van der Waals surface area contributed by atoms with Crippen LogP contribution >= 0.6 is 0 Å². The van der Waals surface area contributed by atoms with Crippen LogP contribution in [0.15, 0.2) is 23.1 Å². The Morgan fingerprint density at radius 1 is 1.35 bits per heavy atom. The van der Waals surface area contributed by atoms with Gasteiger partial charge < -0.3 is 15.2 Å². The van der Waals surface area contributed by atoms with Gasteiger partial charge in [-0.3, -0.25) is 4.79 Å². The number of carbonyl (C=O) groups excluding carboxylic acids is 1. The number of benzene rings is 1. The van der Waals surface area contributed by atoms with E-state index in [-0.39, 0.29) is 23.7 Å². The van der Waals surface area contributed by atoms with Gasteiger partial charge in [0, 0.05) is 12.6 Å². The molecule has 20 heavy (non-hydrogen) atoms. The predicted octanol–water partition coefficient (Wildman–Crippen LogP) is 0.461. The normalized spacial score (nSPS) is 11.4. The maximum atomic E-state index is 12.4. The van der Waals surface area contributed by atoms with Gasteiger partial charge in [0.25, 0.3) is 0 Å². The van der Waals surface area contributed by atoms with Crippen molar-refractivity contribution in [3.8, 4) is 5.75 Å². The van der Waals surface area contributed by atoms with E-state index in [0.29, 0.717) is 5.75 Å². The van der Waals surface area contributed by atoms with Crippen molar-refractivity contribution in [2.24, 2.45) is 0 Å². The van der Waals surface area contributed by atoms with Gasteiger partial charge in [-0.2, -0.15) is 4.31 Å². The number of sulfonamides is 1. The van der Waals surface area contributed by atoms with Crippen molar-refractivity contribution in [1.29, 1.82) is 0 Å². The van der Waals surface area contributed by atoms with Gasteiger partial charge in [-0.1, -0.05) is 6.92 Å². The second kappa shape index (κ2) is 6.58. The number of ether oxygens (including phenoxy) is 2. The fourth-order valence-corrected chi connectivity index (χ4v) is 3.09. The van der Waals surface area contributed by atoms with Gasteiger partial charge in [-0.05, 0) is 12.1 Å². The van der Waals surface area contributed by atoms with E-state index in [4.69, 9.17) is 10.5 Å². The van der Waals surface area contributed by atoms with Crippen molar-refractivity contribution in [2.75, 3.05) is 33.0 Å². The van der Waals surface area contributed by atoms with Gasteiger partial charge in [0.2, 0.25) is 10.0 Å². The van der Waals surface area contributed by atoms with Crippen molar-refractivity contribution in [2.45, 2.75) is 11.8 Å². The summed E-state index contributed by atoms with van der Waals surface area (Å²) in [6.07, 6.45) is 0. The monoisotopic (exact) mass is 302 g/mol. The molecule has 0 atom stereocenters. The molecule has 2 N–H and O–H groups in total. The van der Waals surface area contributed by atoms with E-state index in [1.807, 2.05) is 0 Å². The summed E-state index contributed by atoms with van der Waals surface area (Å²) in [5, 5.41) is 0. The average Bonchev–Trinajstić information content (AvgIpc) is 2.43. The number of esters is 1. The average molecular weight is 302 g/mol. The Balaban J connectivity index is 3.17. The fourth-order valence-electron chi connectivity index (χ4n) is 1.60. The molecule has 0 saturated heterocycles. The lowest BCUT2D eigenvalue weighted by Crippen LogP contribution is -2.36. The SMILES string of the molecule is CCN(CC(=O)OC)S(=O)(=O)c1ccc(OC)cc1N. The van der Waals surface area contributed by atoms with Crippen LogP contribution in [0.4, 0.5) is 5.69 Å². The molecule has 0 aliphatic heterocycles. The summed E-state index contributed by atoms with van der Waals surface area (Å²) < 4.78 is 35.3. The number of nitrogen functional groups attached to an aromatic ring is 1. The Morgan fingerprint density at radius 2 is 2.00 bits per heavy atom. The van der Waals surface area contributed by atoms with Crippen LogP contribution in [-0.4, -0.2) is 46.0 Å². The molecule has 1 aromatic rings. The number of rotatable bonds is 6. The number of carbonyl (C=O) groups is 1. The van der Waals surface area contributed by atoms with Crippen molar-refractivity contribution >= 4 is 21.7 Å². The molecule has 0 radical (unpaired) electrons. The molecule has 0 aromatic heterocycles. The number of nitrogens with two attached hydrogens (primary N) is 1. The Morgan fingerprint density at radius 3 is 2.45 bits per heavy atom. The summed E-state index contributed by atoms with van der Waals surface area (Å²) in [6, 6.07) is 4.26. The van der Waals surface area contributed by atoms with E-state index in [1.54, 1.807) is 6.92 Å². The molecular formula is C12H18N2O5S. The minimum atomic E-state index is -3.86. The van der Waals surface area contributed by atoms with Crippen molar-refractivity contribution in [1.82, 2.24) is 4.31 Å². The topological polar surface area (TPSA) is 98.9 Å². The predicted molar refractivity (Wildman–Crippen MR) is 73.9 cm³/mol. The number of hydrogen-bond donors (Lipinski definition) is 1. The lowest BCUT2D eigenvalue weighted by atomic mass is 10.3. The first-order chi connectivity index (χ1) is 9.36. The van der Waals surface area contributed by atoms with Crippen LogP contribution in [0.2, 0.25) is 0 Å². The molecule has 0 aliphatic rings. The molecule has 0 amide bonds. The molecule has 112 valence electrons. The first kappa shape index (κ1) is 16.3. The zero-order valence-corrected chi connectivity index (χ0v) is 12.4. The smallest absolute Gasteiger partial charge is 0.321 e. The van der Waals surface area contributed by atoms with Gasteiger partial charge in [0.05, 0.1) is 19.9 Å². The zero-order valence-electron chi connectivity index (χ0n) is 11.6. The zero-order chi connectivity index (χ0) is 15.3. The summed E-state index contributed by atoms with van der Waals surface area (Å²) in [7, 11) is -1.20. The van der Waals surface area contributed by atoms with E-state index in [2.05, 4.69) is 4.74 Å². The highest BCUT2D eigenvalue weighted by Gasteiger charge is 2.27. The molecule has 0 aliphatic carbocycles. The highest BCUT2D eigenvalue weighted by atomic mass is 32.2. The number of nitrogens with zero attached hydrogens (tertiary/aromatic N) is 1. The number of likely N-dealkylation sites (N-methyl/N-ethyl adjacent to an activating group) is 1. The van der Waals surface area contributed by atoms with Crippen LogP contribution in [0.3, 0.4) is 0 Å². The fraction of sp³-hybridized carbons (Fsp3) is 0.417. The van der Waals surface area contributed by atoms with Gasteiger partial charge in [-0.25, -0.2) is 8.42 Å². The molecule has 1 rings (SSSR count). The maximum absolute atomic E-state index is 12.4. The molecular weight excluding hydrogens is 284 g/mol. The van der Waals surface area contributed by atoms with Gasteiger partial charge >= 0.3 is 5.97 Å². The maximum Gasteiger partial charge on any atom is 0.321 e. The third-order valence-electron chi connectivity index (χ3n) is 2.72. The van der Waals surface area contributed by atoms with Gasteiger partial charge in [-0.15, -0.1) is 0 Å². The second-order valence-corrected chi connectivity index (χ2v) is 5.82. The summed E-state index contributed by atoms with van der Waals surface area (Å²) in [5.41, 5.74) is 5.80. The molecule has 0 unspecified atom stereocenters. The van der Waals surface area contributed by atoms with Crippen molar-refractivity contribution in [3.05, 3.63) is 18.2 Å². The van der Waals surface area contributed by atoms with Crippen LogP contribution < -0.4 is 10.5 Å². The molecule has 0 heterocycles. The minimum absolute atomic E-state index is 0.0627. The lowest BCUT2D eigenvalue weighted by molar-refractivity contribution is -0.140. The highest BCUT2D eigenvalue weighted by Crippen LogP contribution is 2.26. The largest absolute Gasteiger partial charge is 0.497 e. The van der Waals surface area contributed by atoms with E-state index >= 15 is 0 Å². The molecule has 0 saturated carbocycles. The molecule has 1 aromatic carbocycles. The summed E-state index contributed by atoms with van der Waals surface area (Å²) >= 11 is 0. The summed E-state index contributed by atoms with van der Waals surface area (Å²) in [6.45, 7) is 1.39. The Bertz CT molecular complexity index is 586. The molecule has 0 bridgehead atoms. The molecule has 0 spiro atoms. The number of anilines is 1. The molecule has 0 fully saturated rings. The van der Waals surface area contributed by atoms with Gasteiger partial charge in [0.1, 0.15) is 17.2 Å². The first-order valence-corrected chi connectivity index (χ1v) is 7.31. The van der Waals surface area contributed by atoms with E-state index in [9.17, 15) is 13.2 Å². The van der Waals surface area contributed by atoms with Gasteiger partial charge in [0.15, 0.2) is 0 Å². The van der Waals surface area contributed by atoms with Crippen LogP contribution in [-0.2, 0) is 19.6 Å². The minimum Gasteiger partial charge on any atom is -0.497 e. The Labute approximate surface area is 118 Å². The third kappa shape index (κ3) is 3.40. The van der Waals surface area contributed by atoms with Crippen LogP contribution in [0.1, 0.15) is 6.92 Å². The number of hydrogen-bond acceptors (Lipinski definition) is 6. The van der Waals surface area contributed by atoms with Crippen LogP contribution in [0.25, 0.3) is 0 Å². The lowest BCUT2D eigenvalue weighted by Gasteiger charge is -2.20. The number of methoxy groups -OCH3 is 2. The molecule has 7 nitrogen and oxygen atoms in total. The Kier molecular flexibility index (Phi) is 5.34. The van der Waals surface area contributed by atoms with Crippen LogP contribution in [0.5, 0.6) is 5.75 Å². The van der Waals surface area contributed by atoms with E-state index < -0.39 is 16.0 Å². The van der Waals surface area contributed by atoms with Crippen molar-refractivity contribution in [3.63, 3.8) is 0 Å². The van der Waals surface area contributed by atoms with Crippen LogP contribution in [0, 0.1) is 0 Å². The van der Waals surface area contributed by atoms with Crippen molar-refractivity contribution < 1.29 is 22.7 Å². The summed E-state index contributed by atoms with van der Waals surface area (Å²) in [5.74, 6) is -0.181. The Hall–Kier alpha value is -1.80. The second-order valence-electron chi connectivity index (χ2n) is 3.91. The molecule has 8 heteroatoms. The standard InChI is InChI=1S/C12H18N2O5S/c1-4-14(8-12(15)19-3)20(16,17)11-6-5-9(18-2)7-10(11)13/h5-7H,4,8,13H2,1-3H3.